The Hall–Kier alpha value is -2.54. The summed E-state index contributed by atoms with van der Waals surface area (Å²) in [5.41, 5.74) is 0.980. The molecular weight excluding hydrogens is 286 g/mol. The van der Waals surface area contributed by atoms with Gasteiger partial charge in [-0.25, -0.2) is 4.98 Å². The molecule has 2 N–H and O–H groups in total. The normalized spacial score (nSPS) is 13.0. The monoisotopic (exact) mass is 303 g/mol. The Morgan fingerprint density at radius 3 is 2.86 bits per heavy atom. The minimum atomic E-state index is -0.270. The topological polar surface area (TPSA) is 85.6 Å². The van der Waals surface area contributed by atoms with Crippen LogP contribution in [0.25, 0.3) is 11.3 Å². The summed E-state index contributed by atoms with van der Waals surface area (Å²) >= 11 is 0. The molecular formula is C15H17N3O4. The van der Waals surface area contributed by atoms with E-state index in [0.717, 1.165) is 5.56 Å². The number of carbonyl (C=O) groups excluding carboxylic acids is 1. The summed E-state index contributed by atoms with van der Waals surface area (Å²) in [5.74, 6) is 1.48. The largest absolute Gasteiger partial charge is 0.486 e. The average molecular weight is 303 g/mol. The number of nitrogens with one attached hydrogen (secondary N) is 2. The van der Waals surface area contributed by atoms with Crippen molar-refractivity contribution in [3.05, 3.63) is 30.3 Å². The van der Waals surface area contributed by atoms with Crippen molar-refractivity contribution in [2.24, 2.45) is 0 Å². The Bertz CT molecular complexity index is 669. The minimum Gasteiger partial charge on any atom is -0.486 e. The number of benzene rings is 1. The number of hydrogen-bond acceptors (Lipinski definition) is 6. The highest BCUT2D eigenvalue weighted by atomic mass is 16.6. The highest BCUT2D eigenvalue weighted by Crippen LogP contribution is 2.35. The second-order valence-corrected chi connectivity index (χ2v) is 4.75. The Balaban J connectivity index is 1.83. The van der Waals surface area contributed by atoms with E-state index >= 15 is 0 Å². The fraction of sp³-hybridized carbons (Fsp3) is 0.333. The van der Waals surface area contributed by atoms with Gasteiger partial charge in [-0.3, -0.25) is 4.79 Å². The molecule has 1 aliphatic rings. The van der Waals surface area contributed by atoms with Gasteiger partial charge in [-0.1, -0.05) is 0 Å². The highest BCUT2D eigenvalue weighted by molar-refractivity contribution is 5.97. The molecule has 2 aromatic rings. The van der Waals surface area contributed by atoms with E-state index in [0.29, 0.717) is 43.6 Å². The highest BCUT2D eigenvalue weighted by Gasteiger charge is 2.20. The van der Waals surface area contributed by atoms with Crippen molar-refractivity contribution in [3.63, 3.8) is 0 Å². The average Bonchev–Trinajstić information content (AvgIpc) is 3.04. The molecule has 0 spiro atoms. The first-order valence-electron chi connectivity index (χ1n) is 7.06. The second-order valence-electron chi connectivity index (χ2n) is 4.75. The summed E-state index contributed by atoms with van der Waals surface area (Å²) in [5, 5.41) is 5.74. The molecule has 7 nitrogen and oxygen atoms in total. The lowest BCUT2D eigenvalue weighted by Gasteiger charge is -2.18. The van der Waals surface area contributed by atoms with E-state index in [-0.39, 0.29) is 11.6 Å². The molecule has 0 fully saturated rings. The molecule has 0 aliphatic carbocycles. The summed E-state index contributed by atoms with van der Waals surface area (Å²) in [6, 6.07) is 5.41. The molecule has 3 rings (SSSR count). The Morgan fingerprint density at radius 2 is 2.05 bits per heavy atom. The summed E-state index contributed by atoms with van der Waals surface area (Å²) < 4.78 is 16.4. The quantitative estimate of drug-likeness (QED) is 0.803. The van der Waals surface area contributed by atoms with Gasteiger partial charge in [0.05, 0.1) is 0 Å². The number of rotatable bonds is 5. The van der Waals surface area contributed by atoms with Gasteiger partial charge >= 0.3 is 0 Å². The molecule has 0 bridgehead atoms. The number of aromatic nitrogens is 1. The van der Waals surface area contributed by atoms with Crippen LogP contribution in [0, 0.1) is 0 Å². The van der Waals surface area contributed by atoms with Crippen LogP contribution in [0.4, 0.5) is 0 Å². The lowest BCUT2D eigenvalue weighted by atomic mass is 10.1. The molecule has 0 radical (unpaired) electrons. The van der Waals surface area contributed by atoms with Gasteiger partial charge in [0.2, 0.25) is 0 Å². The third kappa shape index (κ3) is 2.89. The first kappa shape index (κ1) is 14.4. The van der Waals surface area contributed by atoms with Crippen LogP contribution >= 0.6 is 0 Å². The van der Waals surface area contributed by atoms with Crippen LogP contribution in [0.15, 0.2) is 29.0 Å². The summed E-state index contributed by atoms with van der Waals surface area (Å²) in [6.45, 7) is 2.24. The Labute approximate surface area is 127 Å². The standard InChI is InChI=1S/C15H17N3O4/c1-16-4-5-17-15(19)13-14(22-9-18-13)10-2-3-11-12(8-10)21-7-6-20-11/h2-3,8-9,16H,4-7H2,1H3,(H,17,19). The number of amides is 1. The number of carbonyl (C=O) groups is 1. The maximum Gasteiger partial charge on any atom is 0.273 e. The van der Waals surface area contributed by atoms with Crippen LogP contribution in [0.3, 0.4) is 0 Å². The Morgan fingerprint density at radius 1 is 1.23 bits per heavy atom. The molecule has 1 amide bonds. The van der Waals surface area contributed by atoms with E-state index in [4.69, 9.17) is 13.9 Å². The van der Waals surface area contributed by atoms with E-state index in [1.54, 1.807) is 12.1 Å². The molecule has 0 unspecified atom stereocenters. The van der Waals surface area contributed by atoms with E-state index in [2.05, 4.69) is 15.6 Å². The zero-order chi connectivity index (χ0) is 15.4. The van der Waals surface area contributed by atoms with Gasteiger partial charge in [0, 0.05) is 18.7 Å². The molecule has 0 saturated heterocycles. The van der Waals surface area contributed by atoms with Crippen LogP contribution in [0.5, 0.6) is 11.5 Å². The maximum absolute atomic E-state index is 12.1. The first-order chi connectivity index (χ1) is 10.8. The Kier molecular flexibility index (Phi) is 4.24. The predicted molar refractivity (Wildman–Crippen MR) is 79.2 cm³/mol. The van der Waals surface area contributed by atoms with E-state index < -0.39 is 0 Å². The van der Waals surface area contributed by atoms with Crippen LogP contribution in [0.2, 0.25) is 0 Å². The first-order valence-corrected chi connectivity index (χ1v) is 7.06. The van der Waals surface area contributed by atoms with Gasteiger partial charge < -0.3 is 24.5 Å². The van der Waals surface area contributed by atoms with Gasteiger partial charge in [0.1, 0.15) is 13.2 Å². The zero-order valence-electron chi connectivity index (χ0n) is 12.2. The molecule has 1 aromatic carbocycles. The number of ether oxygens (including phenoxy) is 2. The molecule has 22 heavy (non-hydrogen) atoms. The van der Waals surface area contributed by atoms with Crippen molar-refractivity contribution in [3.8, 4) is 22.8 Å². The van der Waals surface area contributed by atoms with Crippen molar-refractivity contribution in [2.75, 3.05) is 33.4 Å². The molecule has 7 heteroatoms. The molecule has 1 aromatic heterocycles. The van der Waals surface area contributed by atoms with Gasteiger partial charge in [0.25, 0.3) is 5.91 Å². The number of oxazole rings is 1. The van der Waals surface area contributed by atoms with Gasteiger partial charge in [-0.2, -0.15) is 0 Å². The minimum absolute atomic E-state index is 0.257. The number of likely N-dealkylation sites (N-methyl/N-ethyl adjacent to an activating group) is 1. The fourth-order valence-corrected chi connectivity index (χ4v) is 2.18. The number of fused-ring (bicyclic) bond motifs is 1. The lowest BCUT2D eigenvalue weighted by molar-refractivity contribution is 0.0950. The van der Waals surface area contributed by atoms with Crippen LogP contribution < -0.4 is 20.1 Å². The summed E-state index contributed by atoms with van der Waals surface area (Å²) in [6.07, 6.45) is 1.26. The molecule has 0 saturated carbocycles. The third-order valence-electron chi connectivity index (χ3n) is 3.25. The number of nitrogens with zero attached hydrogens (tertiary/aromatic N) is 1. The second kappa shape index (κ2) is 6.48. The molecule has 0 atom stereocenters. The smallest absolute Gasteiger partial charge is 0.273 e. The van der Waals surface area contributed by atoms with Crippen molar-refractivity contribution in [1.82, 2.24) is 15.6 Å². The van der Waals surface area contributed by atoms with Crippen molar-refractivity contribution in [1.29, 1.82) is 0 Å². The van der Waals surface area contributed by atoms with E-state index in [9.17, 15) is 4.79 Å². The van der Waals surface area contributed by atoms with Crippen LogP contribution in [-0.2, 0) is 0 Å². The predicted octanol–water partition coefficient (Wildman–Crippen LogP) is 1.06. The van der Waals surface area contributed by atoms with Crippen LogP contribution in [0.1, 0.15) is 10.5 Å². The lowest BCUT2D eigenvalue weighted by Crippen LogP contribution is -2.30. The zero-order valence-corrected chi connectivity index (χ0v) is 12.2. The number of hydrogen-bond donors (Lipinski definition) is 2. The van der Waals surface area contributed by atoms with Gasteiger partial charge in [-0.05, 0) is 25.2 Å². The molecule has 2 heterocycles. The van der Waals surface area contributed by atoms with Crippen molar-refractivity contribution in [2.45, 2.75) is 0 Å². The van der Waals surface area contributed by atoms with Crippen molar-refractivity contribution >= 4 is 5.91 Å². The van der Waals surface area contributed by atoms with Gasteiger partial charge in [-0.15, -0.1) is 0 Å². The van der Waals surface area contributed by atoms with Crippen molar-refractivity contribution < 1.29 is 18.7 Å². The van der Waals surface area contributed by atoms with E-state index in [1.807, 2.05) is 13.1 Å². The van der Waals surface area contributed by atoms with Crippen LogP contribution in [-0.4, -0.2) is 44.2 Å². The van der Waals surface area contributed by atoms with Gasteiger partial charge in [0.15, 0.2) is 29.3 Å². The SMILES string of the molecule is CNCCNC(=O)c1ncoc1-c1ccc2c(c1)OCCO2. The maximum atomic E-state index is 12.1. The fourth-order valence-electron chi connectivity index (χ4n) is 2.18. The molecule has 1 aliphatic heterocycles. The van der Waals surface area contributed by atoms with E-state index in [1.165, 1.54) is 6.39 Å². The summed E-state index contributed by atoms with van der Waals surface area (Å²) in [4.78, 5) is 16.2. The summed E-state index contributed by atoms with van der Waals surface area (Å²) in [7, 11) is 1.82. The third-order valence-corrected chi connectivity index (χ3v) is 3.25. The molecule has 116 valence electrons.